The van der Waals surface area contributed by atoms with Gasteiger partial charge in [0.25, 0.3) is 0 Å². The molecule has 1 saturated carbocycles. The summed E-state index contributed by atoms with van der Waals surface area (Å²) in [4.78, 5) is 15.3. The molecule has 7 nitrogen and oxygen atoms in total. The molecule has 1 aliphatic rings. The van der Waals surface area contributed by atoms with Gasteiger partial charge in [0, 0.05) is 35.2 Å². The highest BCUT2D eigenvalue weighted by Gasteiger charge is 2.27. The highest BCUT2D eigenvalue weighted by Crippen LogP contribution is 2.41. The van der Waals surface area contributed by atoms with Gasteiger partial charge in [0.15, 0.2) is 6.61 Å². The number of aliphatic carboxylic acids is 1. The van der Waals surface area contributed by atoms with E-state index in [0.717, 1.165) is 24.1 Å². The Balaban J connectivity index is 1.54. The van der Waals surface area contributed by atoms with Crippen LogP contribution in [0.4, 0.5) is 8.78 Å². The van der Waals surface area contributed by atoms with Crippen LogP contribution in [0.2, 0.25) is 5.02 Å². The Morgan fingerprint density at radius 1 is 1.19 bits per heavy atom. The van der Waals surface area contributed by atoms with Gasteiger partial charge in [-0.25, -0.2) is 14.5 Å². The van der Waals surface area contributed by atoms with Gasteiger partial charge in [0.05, 0.1) is 16.2 Å². The number of alkyl halides is 2. The van der Waals surface area contributed by atoms with Crippen molar-refractivity contribution in [1.29, 1.82) is 0 Å². The standard InChI is InChI=1S/C26H22ClF2N3O4/c1-14-18(12-15-2-6-17(7-3-15)32-20(10-11-30-32)16-4-5-16)25(36-26(28)29)31-24-19(27)8-9-21(23(14)24)35-13-22(33)34/h2-3,6-11,16,26H,4-5,12-13H2,1H3,(H,33,34). The second-order valence-electron chi connectivity index (χ2n) is 8.64. The lowest BCUT2D eigenvalue weighted by molar-refractivity contribution is -0.139. The Bertz CT molecular complexity index is 1440. The average molecular weight is 514 g/mol. The summed E-state index contributed by atoms with van der Waals surface area (Å²) in [7, 11) is 0. The summed E-state index contributed by atoms with van der Waals surface area (Å²) in [6.45, 7) is -1.93. The number of fused-ring (bicyclic) bond motifs is 1. The van der Waals surface area contributed by atoms with E-state index in [0.29, 0.717) is 22.4 Å². The highest BCUT2D eigenvalue weighted by atomic mass is 35.5. The summed E-state index contributed by atoms with van der Waals surface area (Å²) in [6, 6.07) is 12.7. The molecule has 0 radical (unpaired) electrons. The maximum atomic E-state index is 13.3. The van der Waals surface area contributed by atoms with Gasteiger partial charge in [-0.3, -0.25) is 0 Å². The lowest BCUT2D eigenvalue weighted by atomic mass is 9.97. The zero-order chi connectivity index (χ0) is 25.4. The smallest absolute Gasteiger partial charge is 0.388 e. The van der Waals surface area contributed by atoms with Gasteiger partial charge in [-0.05, 0) is 61.2 Å². The molecule has 0 aliphatic heterocycles. The second-order valence-corrected chi connectivity index (χ2v) is 9.04. The molecule has 10 heteroatoms. The van der Waals surface area contributed by atoms with Crippen molar-refractivity contribution in [2.45, 2.75) is 38.7 Å². The van der Waals surface area contributed by atoms with Crippen molar-refractivity contribution in [2.24, 2.45) is 0 Å². The van der Waals surface area contributed by atoms with E-state index in [9.17, 15) is 13.6 Å². The molecule has 0 atom stereocenters. The SMILES string of the molecule is Cc1c(Cc2ccc(-n3nccc3C3CC3)cc2)c(OC(F)F)nc2c(Cl)ccc(OCC(=O)O)c12. The Hall–Kier alpha value is -3.72. The second kappa shape index (κ2) is 9.73. The van der Waals surface area contributed by atoms with Crippen LogP contribution in [0.1, 0.15) is 41.1 Å². The summed E-state index contributed by atoms with van der Waals surface area (Å²) in [5, 5.41) is 14.1. The minimum Gasteiger partial charge on any atom is -0.481 e. The highest BCUT2D eigenvalue weighted by molar-refractivity contribution is 6.35. The molecule has 1 N–H and O–H groups in total. The van der Waals surface area contributed by atoms with Crippen molar-refractivity contribution >= 4 is 28.5 Å². The van der Waals surface area contributed by atoms with Crippen LogP contribution in [-0.4, -0.2) is 39.1 Å². The van der Waals surface area contributed by atoms with Gasteiger partial charge in [-0.1, -0.05) is 23.7 Å². The van der Waals surface area contributed by atoms with Crippen molar-refractivity contribution in [3.8, 4) is 17.3 Å². The van der Waals surface area contributed by atoms with E-state index in [1.807, 2.05) is 35.0 Å². The number of carboxylic acids is 1. The topological polar surface area (TPSA) is 86.5 Å². The van der Waals surface area contributed by atoms with Crippen molar-refractivity contribution in [3.63, 3.8) is 0 Å². The monoisotopic (exact) mass is 513 g/mol. The van der Waals surface area contributed by atoms with E-state index >= 15 is 0 Å². The van der Waals surface area contributed by atoms with Crippen LogP contribution in [-0.2, 0) is 11.2 Å². The van der Waals surface area contributed by atoms with Crippen molar-refractivity contribution in [2.75, 3.05) is 6.61 Å². The van der Waals surface area contributed by atoms with Gasteiger partial charge in [-0.15, -0.1) is 0 Å². The summed E-state index contributed by atoms with van der Waals surface area (Å²) in [5.74, 6) is -0.603. The fourth-order valence-electron chi connectivity index (χ4n) is 4.33. The van der Waals surface area contributed by atoms with Crippen LogP contribution >= 0.6 is 11.6 Å². The summed E-state index contributed by atoms with van der Waals surface area (Å²) >= 11 is 6.30. The third-order valence-corrected chi connectivity index (χ3v) is 6.48. The molecule has 4 aromatic rings. The molecule has 5 rings (SSSR count). The summed E-state index contributed by atoms with van der Waals surface area (Å²) in [6.07, 6.45) is 4.35. The zero-order valence-corrected chi connectivity index (χ0v) is 20.0. The number of benzene rings is 2. The first-order valence-electron chi connectivity index (χ1n) is 11.4. The molecule has 2 aromatic heterocycles. The predicted octanol–water partition coefficient (Wildman–Crippen LogP) is 5.92. The quantitative estimate of drug-likeness (QED) is 0.299. The number of hydrogen-bond acceptors (Lipinski definition) is 5. The first-order chi connectivity index (χ1) is 17.3. The minimum absolute atomic E-state index is 0.193. The Kier molecular flexibility index (Phi) is 6.49. The van der Waals surface area contributed by atoms with E-state index in [-0.39, 0.29) is 28.6 Å². The molecule has 0 bridgehead atoms. The first-order valence-corrected chi connectivity index (χ1v) is 11.7. The number of ether oxygens (including phenoxy) is 2. The van der Waals surface area contributed by atoms with Crippen LogP contribution in [0.15, 0.2) is 48.7 Å². The van der Waals surface area contributed by atoms with Crippen molar-refractivity contribution in [1.82, 2.24) is 14.8 Å². The number of aromatic nitrogens is 3. The molecule has 1 fully saturated rings. The fraction of sp³-hybridized carbons (Fsp3) is 0.269. The van der Waals surface area contributed by atoms with E-state index in [1.165, 1.54) is 17.8 Å². The molecule has 36 heavy (non-hydrogen) atoms. The van der Waals surface area contributed by atoms with Gasteiger partial charge in [0.1, 0.15) is 5.75 Å². The van der Waals surface area contributed by atoms with Crippen molar-refractivity contribution < 1.29 is 28.2 Å². The predicted molar refractivity (Wildman–Crippen MR) is 130 cm³/mol. The number of carbonyl (C=O) groups is 1. The van der Waals surface area contributed by atoms with E-state index in [1.54, 1.807) is 13.1 Å². The Morgan fingerprint density at radius 3 is 2.61 bits per heavy atom. The molecule has 0 saturated heterocycles. The number of rotatable bonds is 9. The van der Waals surface area contributed by atoms with E-state index in [4.69, 9.17) is 26.2 Å². The molecule has 2 aromatic carbocycles. The first kappa shape index (κ1) is 24.0. The minimum atomic E-state index is -3.08. The Morgan fingerprint density at radius 2 is 1.94 bits per heavy atom. The number of carboxylic acid groups (broad SMARTS) is 1. The normalized spacial score (nSPS) is 13.4. The molecule has 1 aliphatic carbocycles. The van der Waals surface area contributed by atoms with Crippen molar-refractivity contribution in [3.05, 3.63) is 76.1 Å². The van der Waals surface area contributed by atoms with E-state index in [2.05, 4.69) is 10.1 Å². The van der Waals surface area contributed by atoms with Gasteiger partial charge < -0.3 is 14.6 Å². The molecule has 0 spiro atoms. The third kappa shape index (κ3) is 4.83. The van der Waals surface area contributed by atoms with E-state index < -0.39 is 19.2 Å². The van der Waals surface area contributed by atoms with Gasteiger partial charge >= 0.3 is 12.6 Å². The molecular weight excluding hydrogens is 492 g/mol. The van der Waals surface area contributed by atoms with Crippen LogP contribution in [0.25, 0.3) is 16.6 Å². The fourth-order valence-corrected chi connectivity index (χ4v) is 4.53. The average Bonchev–Trinajstić information content (AvgIpc) is 3.57. The molecule has 0 unspecified atom stereocenters. The van der Waals surface area contributed by atoms with Gasteiger partial charge in [0.2, 0.25) is 5.88 Å². The lowest BCUT2D eigenvalue weighted by Gasteiger charge is -2.18. The van der Waals surface area contributed by atoms with Crippen LogP contribution in [0.5, 0.6) is 11.6 Å². The van der Waals surface area contributed by atoms with Gasteiger partial charge in [-0.2, -0.15) is 13.9 Å². The summed E-state index contributed by atoms with van der Waals surface area (Å²) in [5.41, 5.74) is 4.12. The van der Waals surface area contributed by atoms with Crippen LogP contribution in [0, 0.1) is 6.92 Å². The molecule has 2 heterocycles. The maximum Gasteiger partial charge on any atom is 0.388 e. The molecule has 0 amide bonds. The molecule has 186 valence electrons. The zero-order valence-electron chi connectivity index (χ0n) is 19.2. The molecular formula is C26H22ClF2N3O4. The maximum absolute atomic E-state index is 13.3. The number of nitrogens with zero attached hydrogens (tertiary/aromatic N) is 3. The number of hydrogen-bond donors (Lipinski definition) is 1. The van der Waals surface area contributed by atoms with Crippen LogP contribution < -0.4 is 9.47 Å². The Labute approximate surface area is 210 Å². The summed E-state index contributed by atoms with van der Waals surface area (Å²) < 4.78 is 38.7. The largest absolute Gasteiger partial charge is 0.481 e. The number of pyridine rings is 1. The third-order valence-electron chi connectivity index (χ3n) is 6.17. The number of halogens is 3. The number of aryl methyl sites for hydroxylation is 1. The van der Waals surface area contributed by atoms with Crippen LogP contribution in [0.3, 0.4) is 0 Å². The lowest BCUT2D eigenvalue weighted by Crippen LogP contribution is -2.11.